The highest BCUT2D eigenvalue weighted by Gasteiger charge is 2.19. The lowest BCUT2D eigenvalue weighted by atomic mass is 10.0. The van der Waals surface area contributed by atoms with Gasteiger partial charge in [0.15, 0.2) is 0 Å². The lowest BCUT2D eigenvalue weighted by Crippen LogP contribution is -1.98. The largest absolute Gasteiger partial charge is 0.477 e. The summed E-state index contributed by atoms with van der Waals surface area (Å²) in [6, 6.07) is 11.5. The zero-order valence-electron chi connectivity index (χ0n) is 11.7. The van der Waals surface area contributed by atoms with Gasteiger partial charge in [0.05, 0.1) is 4.92 Å². The van der Waals surface area contributed by atoms with E-state index in [2.05, 4.69) is 4.98 Å². The summed E-state index contributed by atoms with van der Waals surface area (Å²) < 4.78 is 0. The summed E-state index contributed by atoms with van der Waals surface area (Å²) in [6.45, 7) is 1.89. The number of benzene rings is 2. The van der Waals surface area contributed by atoms with Gasteiger partial charge in [-0.2, -0.15) is 0 Å². The highest BCUT2D eigenvalue weighted by Crippen LogP contribution is 2.34. The second-order valence-corrected chi connectivity index (χ2v) is 4.98. The molecule has 0 spiro atoms. The molecule has 1 heterocycles. The Balaban J connectivity index is 2.28. The van der Waals surface area contributed by atoms with Crippen LogP contribution in [0.25, 0.3) is 22.0 Å². The van der Waals surface area contributed by atoms with Crippen molar-refractivity contribution in [2.45, 2.75) is 6.92 Å². The predicted molar refractivity (Wildman–Crippen MR) is 82.1 cm³/mol. The number of nitrogens with zero attached hydrogens (tertiary/aromatic N) is 1. The average molecular weight is 296 g/mol. The molecule has 0 saturated heterocycles. The van der Waals surface area contributed by atoms with E-state index in [1.165, 1.54) is 12.1 Å². The number of para-hydroxylation sites is 1. The van der Waals surface area contributed by atoms with Crippen LogP contribution >= 0.6 is 0 Å². The van der Waals surface area contributed by atoms with Crippen molar-refractivity contribution in [3.05, 3.63) is 63.8 Å². The Morgan fingerprint density at radius 3 is 2.45 bits per heavy atom. The van der Waals surface area contributed by atoms with E-state index in [0.717, 1.165) is 16.5 Å². The van der Waals surface area contributed by atoms with Crippen molar-refractivity contribution in [3.63, 3.8) is 0 Å². The topological polar surface area (TPSA) is 96.2 Å². The quantitative estimate of drug-likeness (QED) is 0.568. The van der Waals surface area contributed by atoms with Crippen LogP contribution in [0, 0.1) is 17.0 Å². The molecule has 0 saturated carbocycles. The highest BCUT2D eigenvalue weighted by atomic mass is 16.6. The number of carboxylic acid groups (broad SMARTS) is 1. The molecule has 0 aliphatic carbocycles. The minimum atomic E-state index is -1.07. The molecule has 0 fully saturated rings. The standard InChI is InChI=1S/C16H12N2O4/c1-9-3-2-4-12-13(15(16(19)20)17-14(9)12)10-5-7-11(8-6-10)18(21)22/h2-8,17H,1H3,(H,19,20). The molecule has 0 aliphatic rings. The number of aryl methyl sites for hydroxylation is 1. The fourth-order valence-corrected chi connectivity index (χ4v) is 2.57. The van der Waals surface area contributed by atoms with Crippen molar-refractivity contribution in [1.29, 1.82) is 0 Å². The summed E-state index contributed by atoms with van der Waals surface area (Å²) >= 11 is 0. The second-order valence-electron chi connectivity index (χ2n) is 4.98. The van der Waals surface area contributed by atoms with E-state index in [1.54, 1.807) is 12.1 Å². The van der Waals surface area contributed by atoms with Crippen LogP contribution in [0.5, 0.6) is 0 Å². The van der Waals surface area contributed by atoms with Crippen molar-refractivity contribution in [1.82, 2.24) is 4.98 Å². The van der Waals surface area contributed by atoms with Crippen LogP contribution in [0.4, 0.5) is 5.69 Å². The van der Waals surface area contributed by atoms with Crippen LogP contribution in [0.1, 0.15) is 16.1 Å². The van der Waals surface area contributed by atoms with Gasteiger partial charge < -0.3 is 10.1 Å². The zero-order chi connectivity index (χ0) is 15.9. The number of nitro groups is 1. The lowest BCUT2D eigenvalue weighted by Gasteiger charge is -2.02. The molecule has 0 amide bonds. The molecule has 22 heavy (non-hydrogen) atoms. The Morgan fingerprint density at radius 1 is 1.18 bits per heavy atom. The molecule has 0 radical (unpaired) electrons. The van der Waals surface area contributed by atoms with Gasteiger partial charge in [-0.3, -0.25) is 10.1 Å². The van der Waals surface area contributed by atoms with E-state index >= 15 is 0 Å². The number of fused-ring (bicyclic) bond motifs is 1. The van der Waals surface area contributed by atoms with Crippen molar-refractivity contribution < 1.29 is 14.8 Å². The normalized spacial score (nSPS) is 10.8. The molecule has 0 aliphatic heterocycles. The van der Waals surface area contributed by atoms with Gasteiger partial charge in [0.2, 0.25) is 0 Å². The number of carboxylic acids is 1. The fraction of sp³-hybridized carbons (Fsp3) is 0.0625. The Kier molecular flexibility index (Phi) is 3.14. The fourth-order valence-electron chi connectivity index (χ4n) is 2.57. The van der Waals surface area contributed by atoms with Crippen LogP contribution in [-0.4, -0.2) is 21.0 Å². The molecule has 1 aromatic heterocycles. The monoisotopic (exact) mass is 296 g/mol. The van der Waals surface area contributed by atoms with Crippen LogP contribution in [0.3, 0.4) is 0 Å². The van der Waals surface area contributed by atoms with Gasteiger partial charge in [-0.1, -0.05) is 18.2 Å². The smallest absolute Gasteiger partial charge is 0.352 e. The first kappa shape index (κ1) is 13.8. The van der Waals surface area contributed by atoms with Gasteiger partial charge in [-0.25, -0.2) is 4.79 Å². The first-order valence-corrected chi connectivity index (χ1v) is 6.58. The highest BCUT2D eigenvalue weighted by molar-refractivity contribution is 6.08. The molecular weight excluding hydrogens is 284 g/mol. The summed E-state index contributed by atoms with van der Waals surface area (Å²) in [5.74, 6) is -1.07. The first-order valence-electron chi connectivity index (χ1n) is 6.58. The maximum Gasteiger partial charge on any atom is 0.352 e. The van der Waals surface area contributed by atoms with Gasteiger partial charge in [0, 0.05) is 28.6 Å². The maximum atomic E-state index is 11.5. The maximum absolute atomic E-state index is 11.5. The Bertz CT molecular complexity index is 894. The number of aromatic amines is 1. The molecule has 110 valence electrons. The Morgan fingerprint density at radius 2 is 1.86 bits per heavy atom. The van der Waals surface area contributed by atoms with Crippen LogP contribution in [0.15, 0.2) is 42.5 Å². The summed E-state index contributed by atoms with van der Waals surface area (Å²) in [6.07, 6.45) is 0. The minimum Gasteiger partial charge on any atom is -0.477 e. The van der Waals surface area contributed by atoms with E-state index in [1.807, 2.05) is 25.1 Å². The number of nitrogens with one attached hydrogen (secondary N) is 1. The Labute approximate surface area is 125 Å². The van der Waals surface area contributed by atoms with E-state index in [-0.39, 0.29) is 11.4 Å². The van der Waals surface area contributed by atoms with Gasteiger partial charge in [-0.05, 0) is 30.2 Å². The van der Waals surface area contributed by atoms with Gasteiger partial charge >= 0.3 is 5.97 Å². The van der Waals surface area contributed by atoms with Gasteiger partial charge in [0.1, 0.15) is 5.69 Å². The Hall–Kier alpha value is -3.15. The molecule has 2 N–H and O–H groups in total. The van der Waals surface area contributed by atoms with E-state index in [4.69, 9.17) is 0 Å². The lowest BCUT2D eigenvalue weighted by molar-refractivity contribution is -0.384. The summed E-state index contributed by atoms with van der Waals surface area (Å²) in [7, 11) is 0. The minimum absolute atomic E-state index is 0.0309. The molecule has 0 unspecified atom stereocenters. The third-order valence-electron chi connectivity index (χ3n) is 3.62. The number of non-ortho nitro benzene ring substituents is 1. The number of hydrogen-bond acceptors (Lipinski definition) is 3. The number of H-pyrrole nitrogens is 1. The van der Waals surface area contributed by atoms with Crippen molar-refractivity contribution in [3.8, 4) is 11.1 Å². The van der Waals surface area contributed by atoms with E-state index in [0.29, 0.717) is 11.1 Å². The summed E-state index contributed by atoms with van der Waals surface area (Å²) in [5.41, 5.74) is 2.91. The zero-order valence-corrected chi connectivity index (χ0v) is 11.7. The third-order valence-corrected chi connectivity index (χ3v) is 3.62. The number of rotatable bonds is 3. The molecule has 6 nitrogen and oxygen atoms in total. The molecule has 0 bridgehead atoms. The van der Waals surface area contributed by atoms with Gasteiger partial charge in [-0.15, -0.1) is 0 Å². The van der Waals surface area contributed by atoms with Crippen LogP contribution in [-0.2, 0) is 0 Å². The van der Waals surface area contributed by atoms with Crippen LogP contribution < -0.4 is 0 Å². The SMILES string of the molecule is Cc1cccc2c(-c3ccc([N+](=O)[O-])cc3)c(C(=O)O)[nH]c12. The molecular formula is C16H12N2O4. The van der Waals surface area contributed by atoms with E-state index in [9.17, 15) is 20.0 Å². The average Bonchev–Trinajstić information content (AvgIpc) is 2.88. The first-order chi connectivity index (χ1) is 10.5. The van der Waals surface area contributed by atoms with Gasteiger partial charge in [0.25, 0.3) is 5.69 Å². The summed E-state index contributed by atoms with van der Waals surface area (Å²) in [4.78, 5) is 24.7. The van der Waals surface area contributed by atoms with Crippen molar-refractivity contribution >= 4 is 22.6 Å². The molecule has 2 aromatic carbocycles. The van der Waals surface area contributed by atoms with Crippen LogP contribution in [0.2, 0.25) is 0 Å². The molecule has 6 heteroatoms. The van der Waals surface area contributed by atoms with E-state index < -0.39 is 10.9 Å². The second kappa shape index (κ2) is 5.00. The number of aromatic carboxylic acids is 1. The predicted octanol–water partition coefficient (Wildman–Crippen LogP) is 3.75. The number of aromatic nitrogens is 1. The number of carbonyl (C=O) groups is 1. The molecule has 0 atom stereocenters. The van der Waals surface area contributed by atoms with Crippen molar-refractivity contribution in [2.24, 2.45) is 0 Å². The third kappa shape index (κ3) is 2.10. The van der Waals surface area contributed by atoms with Crippen molar-refractivity contribution in [2.75, 3.05) is 0 Å². The molecule has 3 aromatic rings. The number of hydrogen-bond donors (Lipinski definition) is 2. The molecule has 3 rings (SSSR count). The summed E-state index contributed by atoms with van der Waals surface area (Å²) in [5, 5.41) is 20.9. The number of nitro benzene ring substituents is 1.